The standard InChI is InChI=1S/C19H22N6O/c1-12-9-21-17-16(12)18(23-11-22-17)25-7-5-15(6-8-25)24-19(26)14-4-3-13(2)20-10-14/h3-4,9-11,15H,5-8H2,1-2H3,(H,24,26)(H,21,22,23). The maximum Gasteiger partial charge on any atom is 0.253 e. The zero-order chi connectivity index (χ0) is 18.1. The molecule has 4 rings (SSSR count). The predicted molar refractivity (Wildman–Crippen MR) is 99.4 cm³/mol. The van der Waals surface area contributed by atoms with Gasteiger partial charge in [0.1, 0.15) is 11.6 Å². The SMILES string of the molecule is Cc1ccc(C(=O)NC2CCN(c3nc[nH]c4ncc(C)c3-4)CC2)cn1. The quantitative estimate of drug-likeness (QED) is 0.757. The average Bonchev–Trinajstić information content (AvgIpc) is 3.04. The lowest BCUT2D eigenvalue weighted by molar-refractivity contribution is 0.0930. The largest absolute Gasteiger partial charge is 0.356 e. The lowest BCUT2D eigenvalue weighted by atomic mass is 10.0. The van der Waals surface area contributed by atoms with Crippen LogP contribution in [0.15, 0.2) is 30.9 Å². The van der Waals surface area contributed by atoms with Crippen molar-refractivity contribution in [1.82, 2.24) is 25.3 Å². The van der Waals surface area contributed by atoms with Crippen LogP contribution in [-0.4, -0.2) is 45.0 Å². The van der Waals surface area contributed by atoms with Gasteiger partial charge in [0.25, 0.3) is 5.91 Å². The molecule has 26 heavy (non-hydrogen) atoms. The highest BCUT2D eigenvalue weighted by Gasteiger charge is 2.25. The molecule has 1 saturated heterocycles. The predicted octanol–water partition coefficient (Wildman–Crippen LogP) is 2.32. The van der Waals surface area contributed by atoms with Crippen LogP contribution in [0.5, 0.6) is 0 Å². The molecule has 2 N–H and O–H groups in total. The van der Waals surface area contributed by atoms with Crippen LogP contribution in [0.4, 0.5) is 5.82 Å². The van der Waals surface area contributed by atoms with Crippen LogP contribution in [-0.2, 0) is 0 Å². The number of aromatic nitrogens is 4. The van der Waals surface area contributed by atoms with Gasteiger partial charge in [-0.15, -0.1) is 0 Å². The van der Waals surface area contributed by atoms with Gasteiger partial charge in [-0.2, -0.15) is 0 Å². The van der Waals surface area contributed by atoms with Crippen molar-refractivity contribution in [3.8, 4) is 11.4 Å². The molecule has 7 nitrogen and oxygen atoms in total. The van der Waals surface area contributed by atoms with Gasteiger partial charge in [-0.1, -0.05) is 0 Å². The molecule has 0 aromatic carbocycles. The van der Waals surface area contributed by atoms with Crippen molar-refractivity contribution in [3.63, 3.8) is 0 Å². The number of fused-ring (bicyclic) bond motifs is 1. The molecule has 3 aliphatic heterocycles. The van der Waals surface area contributed by atoms with E-state index < -0.39 is 0 Å². The molecule has 0 aliphatic carbocycles. The van der Waals surface area contributed by atoms with E-state index in [0.29, 0.717) is 5.56 Å². The fourth-order valence-corrected chi connectivity index (χ4v) is 3.43. The molecule has 1 aromatic rings. The summed E-state index contributed by atoms with van der Waals surface area (Å²) in [4.78, 5) is 30.9. The first-order valence-electron chi connectivity index (χ1n) is 8.89. The summed E-state index contributed by atoms with van der Waals surface area (Å²) in [6, 6.07) is 3.85. The summed E-state index contributed by atoms with van der Waals surface area (Å²) in [6.45, 7) is 5.67. The number of pyridine rings is 1. The van der Waals surface area contributed by atoms with Crippen LogP contribution in [0.1, 0.15) is 34.5 Å². The lowest BCUT2D eigenvalue weighted by Crippen LogP contribution is -2.45. The maximum atomic E-state index is 12.4. The molecule has 1 aromatic heterocycles. The fraction of sp³-hybridized carbons (Fsp3) is 0.368. The molecule has 0 bridgehead atoms. The molecule has 0 unspecified atom stereocenters. The second-order valence-corrected chi connectivity index (χ2v) is 6.81. The highest BCUT2D eigenvalue weighted by atomic mass is 16.1. The molecule has 0 saturated carbocycles. The minimum absolute atomic E-state index is 0.0538. The van der Waals surface area contributed by atoms with Gasteiger partial charge in [-0.25, -0.2) is 9.97 Å². The average molecular weight is 350 g/mol. The molecule has 3 aliphatic rings. The van der Waals surface area contributed by atoms with Crippen molar-refractivity contribution in [2.45, 2.75) is 32.7 Å². The second-order valence-electron chi connectivity index (χ2n) is 6.81. The first-order chi connectivity index (χ1) is 12.6. The number of hydrogen-bond acceptors (Lipinski definition) is 5. The zero-order valence-electron chi connectivity index (χ0n) is 15.0. The van der Waals surface area contributed by atoms with Gasteiger partial charge in [0.2, 0.25) is 0 Å². The third kappa shape index (κ3) is 3.12. The first kappa shape index (κ1) is 16.5. The van der Waals surface area contributed by atoms with E-state index >= 15 is 0 Å². The third-order valence-corrected chi connectivity index (χ3v) is 4.93. The van der Waals surface area contributed by atoms with Crippen molar-refractivity contribution in [2.24, 2.45) is 0 Å². The summed E-state index contributed by atoms with van der Waals surface area (Å²) >= 11 is 0. The van der Waals surface area contributed by atoms with Crippen molar-refractivity contribution < 1.29 is 4.79 Å². The molecule has 7 heteroatoms. The van der Waals surface area contributed by atoms with Crippen molar-refractivity contribution >= 4 is 11.7 Å². The topological polar surface area (TPSA) is 86.8 Å². The molecular formula is C19H22N6O. The van der Waals surface area contributed by atoms with E-state index in [-0.39, 0.29) is 11.9 Å². The van der Waals surface area contributed by atoms with Crippen molar-refractivity contribution in [3.05, 3.63) is 47.7 Å². The highest BCUT2D eigenvalue weighted by Crippen LogP contribution is 2.32. The normalized spacial score (nSPS) is 15.4. The summed E-state index contributed by atoms with van der Waals surface area (Å²) in [5.41, 5.74) is 3.73. The lowest BCUT2D eigenvalue weighted by Gasteiger charge is -2.34. The van der Waals surface area contributed by atoms with Crippen LogP contribution >= 0.6 is 0 Å². The first-order valence-corrected chi connectivity index (χ1v) is 8.89. The number of amides is 1. The number of H-pyrrole nitrogens is 1. The number of nitrogens with one attached hydrogen (secondary N) is 2. The van der Waals surface area contributed by atoms with Gasteiger partial charge in [0.15, 0.2) is 0 Å². The minimum Gasteiger partial charge on any atom is -0.356 e. The Balaban J connectivity index is 1.40. The minimum atomic E-state index is -0.0538. The number of aromatic amines is 1. The summed E-state index contributed by atoms with van der Waals surface area (Å²) in [5, 5.41) is 3.13. The number of aryl methyl sites for hydroxylation is 2. The number of carbonyl (C=O) groups excluding carboxylic acids is 1. The number of hydrogen-bond donors (Lipinski definition) is 2. The van der Waals surface area contributed by atoms with Crippen LogP contribution < -0.4 is 10.2 Å². The maximum absolute atomic E-state index is 12.4. The van der Waals surface area contributed by atoms with Gasteiger partial charge in [-0.05, 0) is 44.4 Å². The number of rotatable bonds is 3. The van der Waals surface area contributed by atoms with Gasteiger partial charge >= 0.3 is 0 Å². The number of carbonyl (C=O) groups is 1. The highest BCUT2D eigenvalue weighted by molar-refractivity contribution is 5.94. The zero-order valence-corrected chi connectivity index (χ0v) is 15.0. The molecule has 4 heterocycles. The Morgan fingerprint density at radius 1 is 1.15 bits per heavy atom. The van der Waals surface area contributed by atoms with E-state index in [1.807, 2.05) is 25.3 Å². The van der Waals surface area contributed by atoms with Crippen molar-refractivity contribution in [2.75, 3.05) is 18.0 Å². The van der Waals surface area contributed by atoms with Crippen LogP contribution in [0.25, 0.3) is 11.4 Å². The Labute approximate surface area is 152 Å². The Morgan fingerprint density at radius 3 is 2.69 bits per heavy atom. The monoisotopic (exact) mass is 350 g/mol. The van der Waals surface area contributed by atoms with Crippen LogP contribution in [0, 0.1) is 13.8 Å². The van der Waals surface area contributed by atoms with E-state index in [4.69, 9.17) is 0 Å². The third-order valence-electron chi connectivity index (χ3n) is 4.93. The fourth-order valence-electron chi connectivity index (χ4n) is 3.43. The second kappa shape index (κ2) is 6.74. The Kier molecular flexibility index (Phi) is 4.28. The number of nitrogens with zero attached hydrogens (tertiary/aromatic N) is 4. The van der Waals surface area contributed by atoms with Crippen molar-refractivity contribution in [1.29, 1.82) is 0 Å². The molecule has 0 radical (unpaired) electrons. The summed E-state index contributed by atoms with van der Waals surface area (Å²) in [5.74, 6) is 1.79. The number of anilines is 1. The molecule has 134 valence electrons. The molecule has 1 fully saturated rings. The molecule has 0 atom stereocenters. The van der Waals surface area contributed by atoms with Gasteiger partial charge in [0, 0.05) is 37.2 Å². The summed E-state index contributed by atoms with van der Waals surface area (Å²) < 4.78 is 0. The van der Waals surface area contributed by atoms with E-state index in [0.717, 1.165) is 54.4 Å². The van der Waals surface area contributed by atoms with Crippen LogP contribution in [0.3, 0.4) is 0 Å². The van der Waals surface area contributed by atoms with E-state index in [2.05, 4.69) is 37.1 Å². The summed E-state index contributed by atoms with van der Waals surface area (Å²) in [6.07, 6.45) is 6.98. The Morgan fingerprint density at radius 2 is 1.96 bits per heavy atom. The number of piperidine rings is 1. The van der Waals surface area contributed by atoms with Gasteiger partial charge in [-0.3, -0.25) is 9.78 Å². The smallest absolute Gasteiger partial charge is 0.253 e. The Bertz CT molecular complexity index is 879. The molecule has 1 amide bonds. The van der Waals surface area contributed by atoms with E-state index in [1.165, 1.54) is 0 Å². The molecule has 0 spiro atoms. The van der Waals surface area contributed by atoms with E-state index in [1.54, 1.807) is 12.5 Å². The molecular weight excluding hydrogens is 328 g/mol. The van der Waals surface area contributed by atoms with Gasteiger partial charge in [0.05, 0.1) is 17.5 Å². The van der Waals surface area contributed by atoms with Gasteiger partial charge < -0.3 is 15.2 Å². The van der Waals surface area contributed by atoms with E-state index in [9.17, 15) is 4.79 Å². The Hall–Kier alpha value is -2.96. The van der Waals surface area contributed by atoms with Crippen LogP contribution in [0.2, 0.25) is 0 Å². The summed E-state index contributed by atoms with van der Waals surface area (Å²) in [7, 11) is 0.